The number of amides is 2. The van der Waals surface area contributed by atoms with Gasteiger partial charge in [-0.3, -0.25) is 9.88 Å². The Kier molecular flexibility index (Phi) is 4.06. The fraction of sp³-hybridized carbons (Fsp3) is 0.400. The van der Waals surface area contributed by atoms with Crippen LogP contribution in [0.15, 0.2) is 30.9 Å². The second kappa shape index (κ2) is 6.15. The number of imidazole rings is 1. The van der Waals surface area contributed by atoms with Crippen LogP contribution in [0.4, 0.5) is 10.5 Å². The van der Waals surface area contributed by atoms with Crippen molar-refractivity contribution in [2.75, 3.05) is 32.0 Å². The van der Waals surface area contributed by atoms with Gasteiger partial charge in [0.15, 0.2) is 0 Å². The van der Waals surface area contributed by atoms with E-state index in [1.165, 1.54) is 0 Å². The number of rotatable bonds is 2. The van der Waals surface area contributed by atoms with E-state index >= 15 is 0 Å². The molecule has 2 aromatic rings. The average Bonchev–Trinajstić information content (AvgIpc) is 3.04. The van der Waals surface area contributed by atoms with E-state index in [0.29, 0.717) is 13.1 Å². The molecule has 2 aromatic heterocycles. The maximum Gasteiger partial charge on any atom is 0.322 e. The van der Waals surface area contributed by atoms with Crippen molar-refractivity contribution in [3.05, 3.63) is 42.2 Å². The van der Waals surface area contributed by atoms with E-state index in [9.17, 15) is 4.79 Å². The number of urea groups is 1. The van der Waals surface area contributed by atoms with Gasteiger partial charge in [-0.2, -0.15) is 0 Å². The summed E-state index contributed by atoms with van der Waals surface area (Å²) in [6.45, 7) is 4.06. The number of aromatic nitrogens is 3. The van der Waals surface area contributed by atoms with E-state index < -0.39 is 0 Å². The molecule has 116 valence electrons. The molecule has 0 unspecified atom stereocenters. The topological polar surface area (TPSA) is 77.2 Å². The van der Waals surface area contributed by atoms with Gasteiger partial charge >= 0.3 is 6.03 Å². The quantitative estimate of drug-likeness (QED) is 0.884. The van der Waals surface area contributed by atoms with Crippen LogP contribution in [0.1, 0.15) is 17.4 Å². The smallest absolute Gasteiger partial charge is 0.322 e. The van der Waals surface area contributed by atoms with Crippen LogP contribution in [0.25, 0.3) is 0 Å². The zero-order valence-electron chi connectivity index (χ0n) is 12.8. The lowest BCUT2D eigenvalue weighted by Crippen LogP contribution is -2.50. The molecule has 2 N–H and O–H groups in total. The molecule has 3 heterocycles. The Bertz CT molecular complexity index is 641. The number of likely N-dealkylation sites (N-methyl/N-ethyl adjacent to an activating group) is 1. The highest BCUT2D eigenvalue weighted by atomic mass is 16.2. The molecule has 1 atom stereocenters. The minimum absolute atomic E-state index is 0.0875. The molecule has 22 heavy (non-hydrogen) atoms. The van der Waals surface area contributed by atoms with Crippen molar-refractivity contribution in [3.63, 3.8) is 0 Å². The standard InChI is InChI=1S/C15H20N6O/c1-11-3-4-16-9-12(11)19-15(22)21-8-7-20(2)13(10-21)14-17-5-6-18-14/h3-6,9,13H,7-8,10H2,1-2H3,(H,17,18)(H,19,22)/t13-/m1/s1. The number of hydrogen-bond acceptors (Lipinski definition) is 4. The molecule has 0 bridgehead atoms. The molecule has 2 amide bonds. The van der Waals surface area contributed by atoms with Gasteiger partial charge in [0.25, 0.3) is 0 Å². The summed E-state index contributed by atoms with van der Waals surface area (Å²) < 4.78 is 0. The highest BCUT2D eigenvalue weighted by molar-refractivity contribution is 5.90. The number of carbonyl (C=O) groups excluding carboxylic acids is 1. The normalized spacial score (nSPS) is 19.2. The number of nitrogens with zero attached hydrogens (tertiary/aromatic N) is 4. The van der Waals surface area contributed by atoms with E-state index in [-0.39, 0.29) is 12.1 Å². The highest BCUT2D eigenvalue weighted by Gasteiger charge is 2.30. The first-order valence-corrected chi connectivity index (χ1v) is 7.31. The molecule has 1 aliphatic rings. The minimum atomic E-state index is -0.0965. The molecular weight excluding hydrogens is 280 g/mol. The number of anilines is 1. The third-order valence-corrected chi connectivity index (χ3v) is 4.05. The number of pyridine rings is 1. The molecule has 0 aromatic carbocycles. The summed E-state index contributed by atoms with van der Waals surface area (Å²) in [6, 6.07) is 1.87. The molecule has 3 rings (SSSR count). The van der Waals surface area contributed by atoms with E-state index in [1.54, 1.807) is 24.8 Å². The van der Waals surface area contributed by atoms with E-state index in [4.69, 9.17) is 0 Å². The van der Waals surface area contributed by atoms with Crippen molar-refractivity contribution in [2.24, 2.45) is 0 Å². The Labute approximate surface area is 129 Å². The molecule has 1 fully saturated rings. The molecular formula is C15H20N6O. The highest BCUT2D eigenvalue weighted by Crippen LogP contribution is 2.22. The summed E-state index contributed by atoms with van der Waals surface area (Å²) in [4.78, 5) is 28.0. The van der Waals surface area contributed by atoms with Gasteiger partial charge in [-0.15, -0.1) is 0 Å². The largest absolute Gasteiger partial charge is 0.347 e. The van der Waals surface area contributed by atoms with Crippen LogP contribution in [0.3, 0.4) is 0 Å². The van der Waals surface area contributed by atoms with E-state index in [1.807, 2.05) is 24.9 Å². The third-order valence-electron chi connectivity index (χ3n) is 4.05. The van der Waals surface area contributed by atoms with Crippen molar-refractivity contribution in [1.82, 2.24) is 24.8 Å². The third kappa shape index (κ3) is 2.94. The predicted molar refractivity (Wildman–Crippen MR) is 83.5 cm³/mol. The molecule has 7 nitrogen and oxygen atoms in total. The van der Waals surface area contributed by atoms with Crippen molar-refractivity contribution in [3.8, 4) is 0 Å². The number of aromatic amines is 1. The lowest BCUT2D eigenvalue weighted by Gasteiger charge is -2.38. The molecule has 1 aliphatic heterocycles. The number of hydrogen-bond donors (Lipinski definition) is 2. The summed E-state index contributed by atoms with van der Waals surface area (Å²) in [5.41, 5.74) is 1.75. The Morgan fingerprint density at radius 2 is 2.27 bits per heavy atom. The fourth-order valence-corrected chi connectivity index (χ4v) is 2.60. The number of nitrogens with one attached hydrogen (secondary N) is 2. The SMILES string of the molecule is Cc1ccncc1NC(=O)N1CCN(C)[C@@H](c2ncc[nH]2)C1. The first-order chi connectivity index (χ1) is 10.6. The molecule has 0 aliphatic carbocycles. The summed E-state index contributed by atoms with van der Waals surface area (Å²) in [5, 5.41) is 2.94. The average molecular weight is 300 g/mol. The van der Waals surface area contributed by atoms with Crippen molar-refractivity contribution in [2.45, 2.75) is 13.0 Å². The summed E-state index contributed by atoms with van der Waals surface area (Å²) in [7, 11) is 2.05. The van der Waals surface area contributed by atoms with Gasteiger partial charge in [0, 0.05) is 38.2 Å². The molecule has 0 saturated carbocycles. The maximum absolute atomic E-state index is 12.5. The van der Waals surface area contributed by atoms with Gasteiger partial charge in [0.1, 0.15) is 5.82 Å². The lowest BCUT2D eigenvalue weighted by molar-refractivity contribution is 0.112. The maximum atomic E-state index is 12.5. The summed E-state index contributed by atoms with van der Waals surface area (Å²) in [6.07, 6.45) is 6.93. The summed E-state index contributed by atoms with van der Waals surface area (Å²) in [5.74, 6) is 0.887. The zero-order valence-corrected chi connectivity index (χ0v) is 12.8. The Hall–Kier alpha value is -2.41. The van der Waals surface area contributed by atoms with Gasteiger partial charge in [-0.25, -0.2) is 9.78 Å². The van der Waals surface area contributed by atoms with Crippen molar-refractivity contribution < 1.29 is 4.79 Å². The second-order valence-electron chi connectivity index (χ2n) is 5.54. The number of carbonyl (C=O) groups is 1. The van der Waals surface area contributed by atoms with E-state index in [0.717, 1.165) is 23.6 Å². The van der Waals surface area contributed by atoms with Gasteiger partial charge < -0.3 is 15.2 Å². The predicted octanol–water partition coefficient (Wildman–Crippen LogP) is 1.63. The number of aryl methyl sites for hydroxylation is 1. The Balaban J connectivity index is 1.69. The Morgan fingerprint density at radius 1 is 1.41 bits per heavy atom. The van der Waals surface area contributed by atoms with Crippen LogP contribution in [0.5, 0.6) is 0 Å². The van der Waals surface area contributed by atoms with Gasteiger partial charge in [-0.05, 0) is 25.6 Å². The summed E-state index contributed by atoms with van der Waals surface area (Å²) >= 11 is 0. The van der Waals surface area contributed by atoms with Crippen LogP contribution < -0.4 is 5.32 Å². The minimum Gasteiger partial charge on any atom is -0.347 e. The van der Waals surface area contributed by atoms with Gasteiger partial charge in [0.2, 0.25) is 0 Å². The van der Waals surface area contributed by atoms with Crippen LogP contribution in [0, 0.1) is 6.92 Å². The molecule has 7 heteroatoms. The molecule has 0 radical (unpaired) electrons. The number of piperazine rings is 1. The first-order valence-electron chi connectivity index (χ1n) is 7.31. The van der Waals surface area contributed by atoms with Crippen LogP contribution in [-0.2, 0) is 0 Å². The number of H-pyrrole nitrogens is 1. The fourth-order valence-electron chi connectivity index (χ4n) is 2.60. The second-order valence-corrected chi connectivity index (χ2v) is 5.54. The lowest BCUT2D eigenvalue weighted by atomic mass is 10.1. The van der Waals surface area contributed by atoms with E-state index in [2.05, 4.69) is 25.2 Å². The Morgan fingerprint density at radius 3 is 3.00 bits per heavy atom. The van der Waals surface area contributed by atoms with Crippen LogP contribution in [0.2, 0.25) is 0 Å². The van der Waals surface area contributed by atoms with Crippen LogP contribution in [-0.4, -0.2) is 57.5 Å². The van der Waals surface area contributed by atoms with Crippen molar-refractivity contribution in [1.29, 1.82) is 0 Å². The molecule has 0 spiro atoms. The van der Waals surface area contributed by atoms with Crippen molar-refractivity contribution >= 4 is 11.7 Å². The van der Waals surface area contributed by atoms with Crippen LogP contribution >= 0.6 is 0 Å². The van der Waals surface area contributed by atoms with Gasteiger partial charge in [0.05, 0.1) is 17.9 Å². The molecule has 1 saturated heterocycles. The first kappa shape index (κ1) is 14.5. The monoisotopic (exact) mass is 300 g/mol. The zero-order chi connectivity index (χ0) is 15.5. The van der Waals surface area contributed by atoms with Gasteiger partial charge in [-0.1, -0.05) is 0 Å².